The summed E-state index contributed by atoms with van der Waals surface area (Å²) in [5.74, 6) is -4.47. The predicted octanol–water partition coefficient (Wildman–Crippen LogP) is 0.638. The first kappa shape index (κ1) is 9.83. The molecule has 2 aliphatic carbocycles. The lowest BCUT2D eigenvalue weighted by atomic mass is 10.0. The first-order valence-corrected chi connectivity index (χ1v) is 4.94. The van der Waals surface area contributed by atoms with Crippen molar-refractivity contribution >= 4 is 5.91 Å². The number of hydrogen-bond acceptors (Lipinski definition) is 2. The number of carbonyl (C=O) groups excluding carboxylic acids is 1. The summed E-state index contributed by atoms with van der Waals surface area (Å²) in [7, 11) is 0. The molecule has 80 valence electrons. The fraction of sp³-hybridized carbons (Fsp3) is 0.889. The molecule has 3 nitrogen and oxygen atoms in total. The molecule has 2 saturated carbocycles. The Labute approximate surface area is 81.0 Å². The lowest BCUT2D eigenvalue weighted by Gasteiger charge is -2.18. The van der Waals surface area contributed by atoms with Gasteiger partial charge in [-0.1, -0.05) is 0 Å². The van der Waals surface area contributed by atoms with E-state index in [-0.39, 0.29) is 18.5 Å². The van der Waals surface area contributed by atoms with Gasteiger partial charge in [-0.15, -0.1) is 0 Å². The van der Waals surface area contributed by atoms with Crippen LogP contribution in [0.25, 0.3) is 0 Å². The van der Waals surface area contributed by atoms with Gasteiger partial charge >= 0.3 is 0 Å². The van der Waals surface area contributed by atoms with E-state index in [1.54, 1.807) is 0 Å². The molecular formula is C9H14F2N2O. The molecule has 3 atom stereocenters. The smallest absolute Gasteiger partial charge is 0.259 e. The molecule has 3 unspecified atom stereocenters. The van der Waals surface area contributed by atoms with Gasteiger partial charge in [0.15, 0.2) is 0 Å². The van der Waals surface area contributed by atoms with Crippen LogP contribution in [0.2, 0.25) is 0 Å². The van der Waals surface area contributed by atoms with Crippen LogP contribution in [0.4, 0.5) is 8.78 Å². The van der Waals surface area contributed by atoms with Crippen LogP contribution >= 0.6 is 0 Å². The zero-order chi connectivity index (χ0) is 10.3. The topological polar surface area (TPSA) is 55.1 Å². The minimum absolute atomic E-state index is 0.0334. The second-order valence-corrected chi connectivity index (χ2v) is 4.22. The molecule has 2 rings (SSSR count). The maximum Gasteiger partial charge on any atom is 0.259 e. The van der Waals surface area contributed by atoms with E-state index >= 15 is 0 Å². The van der Waals surface area contributed by atoms with Crippen LogP contribution in [-0.4, -0.2) is 23.9 Å². The van der Waals surface area contributed by atoms with Crippen molar-refractivity contribution in [3.05, 3.63) is 0 Å². The lowest BCUT2D eigenvalue weighted by molar-refractivity contribution is -0.136. The number of carbonyl (C=O) groups is 1. The van der Waals surface area contributed by atoms with Gasteiger partial charge < -0.3 is 11.1 Å². The van der Waals surface area contributed by atoms with Crippen molar-refractivity contribution in [1.82, 2.24) is 5.32 Å². The number of hydrogen-bond donors (Lipinski definition) is 2. The molecule has 0 aliphatic heterocycles. The van der Waals surface area contributed by atoms with Crippen molar-refractivity contribution in [1.29, 1.82) is 0 Å². The van der Waals surface area contributed by atoms with Crippen molar-refractivity contribution in [2.24, 2.45) is 11.7 Å². The number of halogens is 2. The Bertz CT molecular complexity index is 257. The monoisotopic (exact) mass is 204 g/mol. The largest absolute Gasteiger partial charge is 0.351 e. The normalized spacial score (nSPS) is 39.5. The van der Waals surface area contributed by atoms with Crippen LogP contribution < -0.4 is 11.1 Å². The van der Waals surface area contributed by atoms with Crippen LogP contribution in [0.15, 0.2) is 0 Å². The molecule has 0 saturated heterocycles. The van der Waals surface area contributed by atoms with Crippen LogP contribution in [0, 0.1) is 5.92 Å². The second-order valence-electron chi connectivity index (χ2n) is 4.22. The third kappa shape index (κ3) is 1.73. The minimum atomic E-state index is -2.82. The van der Waals surface area contributed by atoms with Gasteiger partial charge in [-0.05, 0) is 19.3 Å². The summed E-state index contributed by atoms with van der Waals surface area (Å²) < 4.78 is 26.3. The lowest BCUT2D eigenvalue weighted by Crippen LogP contribution is -2.40. The predicted molar refractivity (Wildman–Crippen MR) is 46.8 cm³/mol. The van der Waals surface area contributed by atoms with Crippen molar-refractivity contribution in [2.75, 3.05) is 0 Å². The highest BCUT2D eigenvalue weighted by Gasteiger charge is 2.49. The van der Waals surface area contributed by atoms with Gasteiger partial charge in [-0.2, -0.15) is 0 Å². The highest BCUT2D eigenvalue weighted by atomic mass is 19.3. The van der Waals surface area contributed by atoms with Crippen LogP contribution in [0.3, 0.4) is 0 Å². The zero-order valence-corrected chi connectivity index (χ0v) is 7.80. The highest BCUT2D eigenvalue weighted by molar-refractivity contribution is 5.80. The summed E-state index contributed by atoms with van der Waals surface area (Å²) in [5.41, 5.74) is 5.48. The molecule has 2 aliphatic rings. The molecule has 2 fully saturated rings. The third-order valence-corrected chi connectivity index (χ3v) is 3.00. The van der Waals surface area contributed by atoms with Gasteiger partial charge in [-0.3, -0.25) is 4.79 Å². The van der Waals surface area contributed by atoms with Crippen molar-refractivity contribution < 1.29 is 13.6 Å². The fourth-order valence-corrected chi connectivity index (χ4v) is 1.91. The summed E-state index contributed by atoms with van der Waals surface area (Å²) in [6, 6.07) is -0.104. The van der Waals surface area contributed by atoms with Gasteiger partial charge in [0.2, 0.25) is 5.91 Å². The standard InChI is InChI=1S/C9H14F2N2O/c10-9(11)3-1-2-5(9)8(14)13-7-4-6(7)12/h5-7H,1-4,12H2,(H,13,14). The summed E-state index contributed by atoms with van der Waals surface area (Å²) in [6.45, 7) is 0. The summed E-state index contributed by atoms with van der Waals surface area (Å²) in [6.07, 6.45) is 1.27. The molecular weight excluding hydrogens is 190 g/mol. The summed E-state index contributed by atoms with van der Waals surface area (Å²) >= 11 is 0. The van der Waals surface area contributed by atoms with Gasteiger partial charge in [0.1, 0.15) is 5.92 Å². The van der Waals surface area contributed by atoms with Crippen molar-refractivity contribution in [3.63, 3.8) is 0 Å². The van der Waals surface area contributed by atoms with E-state index in [2.05, 4.69) is 5.32 Å². The van der Waals surface area contributed by atoms with E-state index in [0.717, 1.165) is 0 Å². The molecule has 1 amide bonds. The van der Waals surface area contributed by atoms with E-state index in [0.29, 0.717) is 19.3 Å². The van der Waals surface area contributed by atoms with Gasteiger partial charge in [0, 0.05) is 18.5 Å². The molecule has 0 bridgehead atoms. The number of nitrogens with one attached hydrogen (secondary N) is 1. The molecule has 0 aromatic rings. The second kappa shape index (κ2) is 3.15. The van der Waals surface area contributed by atoms with Crippen LogP contribution in [-0.2, 0) is 4.79 Å². The maximum atomic E-state index is 13.1. The Morgan fingerprint density at radius 1 is 1.50 bits per heavy atom. The number of alkyl halides is 2. The average Bonchev–Trinajstić information content (AvgIpc) is 2.60. The summed E-state index contributed by atoms with van der Waals surface area (Å²) in [4.78, 5) is 11.4. The Morgan fingerprint density at radius 2 is 2.14 bits per heavy atom. The molecule has 14 heavy (non-hydrogen) atoms. The molecule has 3 N–H and O–H groups in total. The highest BCUT2D eigenvalue weighted by Crippen LogP contribution is 2.40. The molecule has 0 heterocycles. The number of rotatable bonds is 2. The Morgan fingerprint density at radius 3 is 2.57 bits per heavy atom. The van der Waals surface area contributed by atoms with Gasteiger partial charge in [0.05, 0.1) is 0 Å². The van der Waals surface area contributed by atoms with Gasteiger partial charge in [-0.25, -0.2) is 8.78 Å². The first-order valence-electron chi connectivity index (χ1n) is 4.94. The van der Waals surface area contributed by atoms with Crippen molar-refractivity contribution in [3.8, 4) is 0 Å². The minimum Gasteiger partial charge on any atom is -0.351 e. The van der Waals surface area contributed by atoms with Gasteiger partial charge in [0.25, 0.3) is 5.92 Å². The SMILES string of the molecule is NC1CC1NC(=O)C1CCCC1(F)F. The van der Waals surface area contributed by atoms with Crippen molar-refractivity contribution in [2.45, 2.75) is 43.7 Å². The average molecular weight is 204 g/mol. The molecule has 0 aromatic carbocycles. The first-order chi connectivity index (χ1) is 6.50. The quantitative estimate of drug-likeness (QED) is 0.693. The Balaban J connectivity index is 1.91. The van der Waals surface area contributed by atoms with E-state index in [1.807, 2.05) is 0 Å². The zero-order valence-electron chi connectivity index (χ0n) is 7.80. The van der Waals surface area contributed by atoms with Crippen LogP contribution in [0.5, 0.6) is 0 Å². The molecule has 0 aromatic heterocycles. The van der Waals surface area contributed by atoms with Crippen LogP contribution in [0.1, 0.15) is 25.7 Å². The molecule has 0 radical (unpaired) electrons. The fourth-order valence-electron chi connectivity index (χ4n) is 1.91. The van der Waals surface area contributed by atoms with E-state index in [9.17, 15) is 13.6 Å². The van der Waals surface area contributed by atoms with E-state index in [4.69, 9.17) is 5.73 Å². The maximum absolute atomic E-state index is 13.1. The number of amides is 1. The molecule has 5 heteroatoms. The van der Waals surface area contributed by atoms with E-state index in [1.165, 1.54) is 0 Å². The molecule has 0 spiro atoms. The number of nitrogens with two attached hydrogens (primary N) is 1. The van der Waals surface area contributed by atoms with E-state index < -0.39 is 17.7 Å². The Kier molecular flexibility index (Phi) is 2.21. The third-order valence-electron chi connectivity index (χ3n) is 3.00. The summed E-state index contributed by atoms with van der Waals surface area (Å²) in [5, 5.41) is 2.56. The Hall–Kier alpha value is -0.710.